The van der Waals surface area contributed by atoms with Gasteiger partial charge in [-0.15, -0.1) is 0 Å². The Morgan fingerprint density at radius 2 is 1.14 bits per heavy atom. The molecule has 0 amide bonds. The van der Waals surface area contributed by atoms with Crippen LogP contribution < -0.4 is 0 Å². The predicted octanol–water partition coefficient (Wildman–Crippen LogP) is 5.95. The summed E-state index contributed by atoms with van der Waals surface area (Å²) in [6, 6.07) is 10.8. The van der Waals surface area contributed by atoms with Gasteiger partial charge >= 0.3 is 11.9 Å². The lowest BCUT2D eigenvalue weighted by atomic mass is 9.82. The molecule has 0 saturated heterocycles. The molecule has 2 aliphatic carbocycles. The van der Waals surface area contributed by atoms with E-state index in [1.54, 1.807) is 24.3 Å². The third-order valence-corrected chi connectivity index (χ3v) is 7.13. The molecule has 2 aromatic rings. The minimum Gasteiger partial charge on any atom is -0.478 e. The van der Waals surface area contributed by atoms with Crippen LogP contribution in [0.3, 0.4) is 0 Å². The van der Waals surface area contributed by atoms with Crippen LogP contribution in [0.5, 0.6) is 0 Å². The smallest absolute Gasteiger partial charge is 0.336 e. The number of hydrogen-bond acceptors (Lipinski definition) is 4. The summed E-state index contributed by atoms with van der Waals surface area (Å²) in [6.45, 7) is 5.53. The maximum atomic E-state index is 11.4. The summed E-state index contributed by atoms with van der Waals surface area (Å²) in [7, 11) is 0. The Morgan fingerprint density at radius 1 is 0.722 bits per heavy atom. The second kappa shape index (κ2) is 9.72. The molecule has 2 aromatic carbocycles. The Labute approximate surface area is 209 Å². The second-order valence-electron chi connectivity index (χ2n) is 9.34. The van der Waals surface area contributed by atoms with E-state index in [4.69, 9.17) is 9.47 Å². The first-order valence-electron chi connectivity index (χ1n) is 12.1. The average molecular weight is 485 g/mol. The molecular weight excluding hydrogens is 456 g/mol. The quantitative estimate of drug-likeness (QED) is 0.547. The van der Waals surface area contributed by atoms with Crippen LogP contribution in [-0.2, 0) is 9.47 Å². The van der Waals surface area contributed by atoms with Gasteiger partial charge in [0.1, 0.15) is 12.2 Å². The van der Waals surface area contributed by atoms with Gasteiger partial charge < -0.3 is 19.7 Å². The lowest BCUT2D eigenvalue weighted by Crippen LogP contribution is -2.24. The van der Waals surface area contributed by atoms with Gasteiger partial charge in [0.25, 0.3) is 0 Å². The van der Waals surface area contributed by atoms with E-state index in [0.717, 1.165) is 46.2 Å². The van der Waals surface area contributed by atoms with Crippen molar-refractivity contribution in [1.29, 1.82) is 0 Å². The van der Waals surface area contributed by atoms with E-state index in [2.05, 4.69) is 13.8 Å². The third kappa shape index (κ3) is 4.23. The van der Waals surface area contributed by atoms with Gasteiger partial charge in [0.15, 0.2) is 0 Å². The number of aromatic carboxylic acids is 2. The van der Waals surface area contributed by atoms with Crippen LogP contribution in [0.15, 0.2) is 59.7 Å². The molecule has 4 aliphatic rings. The van der Waals surface area contributed by atoms with Crippen molar-refractivity contribution < 1.29 is 29.3 Å². The topological polar surface area (TPSA) is 93.1 Å². The fraction of sp³-hybridized carbons (Fsp3) is 0.267. The third-order valence-electron chi connectivity index (χ3n) is 7.13. The van der Waals surface area contributed by atoms with Crippen molar-refractivity contribution in [3.63, 3.8) is 0 Å². The Morgan fingerprint density at radius 3 is 1.53 bits per heavy atom. The highest BCUT2D eigenvalue weighted by Gasteiger charge is 2.30. The van der Waals surface area contributed by atoms with E-state index >= 15 is 0 Å². The molecule has 6 heteroatoms. The first-order chi connectivity index (χ1) is 17.4. The number of carbonyl (C=O) groups is 2. The van der Waals surface area contributed by atoms with Gasteiger partial charge in [0.05, 0.1) is 24.3 Å². The number of benzene rings is 2. The maximum absolute atomic E-state index is 11.4. The van der Waals surface area contributed by atoms with Gasteiger partial charge in [-0.05, 0) is 61.1 Å². The van der Waals surface area contributed by atoms with Gasteiger partial charge in [0.2, 0.25) is 0 Å². The van der Waals surface area contributed by atoms with Gasteiger partial charge in [-0.2, -0.15) is 0 Å². The molecule has 2 unspecified atom stereocenters. The molecular formula is C30H28O6. The zero-order valence-electron chi connectivity index (χ0n) is 20.3. The summed E-state index contributed by atoms with van der Waals surface area (Å²) in [5.74, 6) is -1.77. The molecule has 6 rings (SSSR count). The average Bonchev–Trinajstić information content (AvgIpc) is 2.88. The summed E-state index contributed by atoms with van der Waals surface area (Å²) in [5.41, 5.74) is 8.84. The molecule has 0 aromatic heterocycles. The fourth-order valence-corrected chi connectivity index (χ4v) is 5.37. The molecule has 0 bridgehead atoms. The standard InChI is InChI=1S/2C15H14O3/c2*1-9-7-8-18-12-6-5-10-3-2-4-11(15(16)17)14(10)13(9)12/h2*2-6,12H,7-8H2,1H3,(H,16,17). The molecule has 36 heavy (non-hydrogen) atoms. The van der Waals surface area contributed by atoms with Crippen molar-refractivity contribution in [2.75, 3.05) is 13.2 Å². The lowest BCUT2D eigenvalue weighted by molar-refractivity contribution is 0.0684. The van der Waals surface area contributed by atoms with Crippen LogP contribution in [0.2, 0.25) is 0 Å². The van der Waals surface area contributed by atoms with Crippen LogP contribution in [0, 0.1) is 0 Å². The van der Waals surface area contributed by atoms with E-state index in [1.807, 2.05) is 36.4 Å². The summed E-state index contributed by atoms with van der Waals surface area (Å²) < 4.78 is 11.4. The van der Waals surface area contributed by atoms with Crippen LogP contribution in [0.1, 0.15) is 69.7 Å². The number of hydrogen-bond donors (Lipinski definition) is 2. The molecule has 2 aliphatic heterocycles. The zero-order chi connectivity index (χ0) is 25.4. The first-order valence-corrected chi connectivity index (χ1v) is 12.1. The number of carboxylic acids is 2. The highest BCUT2D eigenvalue weighted by atomic mass is 16.5. The monoisotopic (exact) mass is 484 g/mol. The minimum atomic E-state index is -0.883. The van der Waals surface area contributed by atoms with Gasteiger partial charge in [-0.3, -0.25) is 0 Å². The maximum Gasteiger partial charge on any atom is 0.336 e. The highest BCUT2D eigenvalue weighted by molar-refractivity contribution is 6.00. The molecule has 0 saturated carbocycles. The SMILES string of the molecule is CC1=C2c3c(cccc3C(=O)O)C=CC2OCC1.CC1=C2c3c(cccc3C(=O)O)C=CC2OCC1. The lowest BCUT2D eigenvalue weighted by Gasteiger charge is -2.30. The van der Waals surface area contributed by atoms with Crippen molar-refractivity contribution in [2.45, 2.75) is 38.9 Å². The first kappa shape index (κ1) is 24.0. The summed E-state index contributed by atoms with van der Waals surface area (Å²) in [6.07, 6.45) is 9.47. The van der Waals surface area contributed by atoms with Crippen molar-refractivity contribution in [1.82, 2.24) is 0 Å². The number of fused-ring (bicyclic) bond motifs is 6. The van der Waals surface area contributed by atoms with E-state index in [9.17, 15) is 19.8 Å². The summed E-state index contributed by atoms with van der Waals surface area (Å²) in [4.78, 5) is 22.7. The minimum absolute atomic E-state index is 0.0910. The molecule has 0 spiro atoms. The van der Waals surface area contributed by atoms with E-state index in [0.29, 0.717) is 24.3 Å². The van der Waals surface area contributed by atoms with Crippen LogP contribution >= 0.6 is 0 Å². The Balaban J connectivity index is 0.000000148. The summed E-state index contributed by atoms with van der Waals surface area (Å²) >= 11 is 0. The number of rotatable bonds is 2. The summed E-state index contributed by atoms with van der Waals surface area (Å²) in [5, 5.41) is 18.7. The van der Waals surface area contributed by atoms with Crippen molar-refractivity contribution in [2.24, 2.45) is 0 Å². The Hall–Kier alpha value is -3.74. The van der Waals surface area contributed by atoms with Crippen molar-refractivity contribution in [3.05, 3.63) is 93.1 Å². The Kier molecular flexibility index (Phi) is 6.48. The number of ether oxygens (including phenoxy) is 2. The molecule has 0 radical (unpaired) electrons. The molecule has 6 nitrogen and oxygen atoms in total. The van der Waals surface area contributed by atoms with Crippen LogP contribution in [-0.4, -0.2) is 47.6 Å². The Bertz CT molecular complexity index is 1270. The molecule has 2 N–H and O–H groups in total. The van der Waals surface area contributed by atoms with E-state index < -0.39 is 11.9 Å². The zero-order valence-corrected chi connectivity index (χ0v) is 20.3. The number of carboxylic acid groups (broad SMARTS) is 2. The normalized spacial score (nSPS) is 21.5. The highest BCUT2D eigenvalue weighted by Crippen LogP contribution is 2.40. The molecule has 2 atom stereocenters. The second-order valence-corrected chi connectivity index (χ2v) is 9.34. The van der Waals surface area contributed by atoms with E-state index in [1.165, 1.54) is 11.1 Å². The van der Waals surface area contributed by atoms with Crippen molar-refractivity contribution >= 4 is 35.2 Å². The van der Waals surface area contributed by atoms with Crippen LogP contribution in [0.4, 0.5) is 0 Å². The molecule has 2 heterocycles. The van der Waals surface area contributed by atoms with Crippen molar-refractivity contribution in [3.8, 4) is 0 Å². The largest absolute Gasteiger partial charge is 0.478 e. The van der Waals surface area contributed by atoms with Gasteiger partial charge in [-0.25, -0.2) is 9.59 Å². The van der Waals surface area contributed by atoms with E-state index in [-0.39, 0.29) is 12.2 Å². The van der Waals surface area contributed by atoms with Gasteiger partial charge in [-0.1, -0.05) is 59.7 Å². The van der Waals surface area contributed by atoms with Gasteiger partial charge in [0, 0.05) is 11.1 Å². The molecule has 0 fully saturated rings. The molecule has 184 valence electrons. The van der Waals surface area contributed by atoms with Crippen LogP contribution in [0.25, 0.3) is 23.3 Å². The fourth-order valence-electron chi connectivity index (χ4n) is 5.37. The predicted molar refractivity (Wildman–Crippen MR) is 139 cm³/mol.